The van der Waals surface area contributed by atoms with Crippen molar-refractivity contribution < 1.29 is 32.9 Å². The third-order valence-electron chi connectivity index (χ3n) is 8.33. The molecule has 48 heavy (non-hydrogen) atoms. The molecule has 0 rings (SSSR count). The molecule has 0 aliphatic carbocycles. The number of aliphatic hydroxyl groups is 1. The number of phosphoric acid groups is 1. The molecule has 0 radical (unpaired) electrons. The summed E-state index contributed by atoms with van der Waals surface area (Å²) in [6, 6.07) is -0.861. The van der Waals surface area contributed by atoms with Gasteiger partial charge in [0.15, 0.2) is 0 Å². The second-order valence-corrected chi connectivity index (χ2v) is 15.7. The highest BCUT2D eigenvalue weighted by Crippen LogP contribution is 2.43. The van der Waals surface area contributed by atoms with Crippen LogP contribution in [0.1, 0.15) is 155 Å². The highest BCUT2D eigenvalue weighted by atomic mass is 31.2. The molecule has 0 saturated carbocycles. The Morgan fingerprint density at radius 1 is 0.688 bits per heavy atom. The standard InChI is InChI=1S/C39H75N2O6P/c1-6-8-10-12-14-16-17-18-19-20-21-22-23-25-27-29-31-33-39(43)40-37(36-47-48(44,45)46-35-34-41(3,4)5)38(42)32-30-28-26-24-15-13-11-9-7-2/h15,18-19,24,30,32,37-38,42H,6-14,16-17,20-23,25-29,31,33-36H2,1-5H3,(H-,40,43,44,45)/p+1/b19-18+,24-15+,32-30+/t37-,38+/m0/s1. The topological polar surface area (TPSA) is 105 Å². The first kappa shape index (κ1) is 46.7. The number of likely N-dealkylation sites (N-methyl/N-ethyl adjacent to an activating group) is 1. The average molecular weight is 700 g/mol. The van der Waals surface area contributed by atoms with Crippen molar-refractivity contribution in [3.05, 3.63) is 36.5 Å². The van der Waals surface area contributed by atoms with Gasteiger partial charge in [0.1, 0.15) is 13.2 Å². The lowest BCUT2D eigenvalue weighted by Crippen LogP contribution is -2.45. The van der Waals surface area contributed by atoms with Crippen molar-refractivity contribution in [1.82, 2.24) is 5.32 Å². The Labute approximate surface area is 296 Å². The Kier molecular flexibility index (Phi) is 30.8. The molecule has 282 valence electrons. The van der Waals surface area contributed by atoms with Crippen molar-refractivity contribution in [3.63, 3.8) is 0 Å². The van der Waals surface area contributed by atoms with E-state index in [4.69, 9.17) is 9.05 Å². The number of nitrogens with one attached hydrogen (secondary N) is 1. The van der Waals surface area contributed by atoms with Crippen molar-refractivity contribution in [2.75, 3.05) is 40.9 Å². The van der Waals surface area contributed by atoms with Crippen molar-refractivity contribution >= 4 is 13.7 Å². The summed E-state index contributed by atoms with van der Waals surface area (Å²) in [5.74, 6) is -0.197. The minimum absolute atomic E-state index is 0.0546. The number of quaternary nitrogens is 1. The van der Waals surface area contributed by atoms with Crippen LogP contribution in [0.5, 0.6) is 0 Å². The number of carbonyl (C=O) groups excluding carboxylic acids is 1. The first-order chi connectivity index (χ1) is 23.0. The molecule has 0 aliphatic heterocycles. The second-order valence-electron chi connectivity index (χ2n) is 14.3. The molecule has 0 aromatic rings. The van der Waals surface area contributed by atoms with Crippen molar-refractivity contribution in [2.24, 2.45) is 0 Å². The number of hydrogen-bond donors (Lipinski definition) is 3. The fourth-order valence-electron chi connectivity index (χ4n) is 5.17. The zero-order valence-corrected chi connectivity index (χ0v) is 32.6. The zero-order valence-electron chi connectivity index (χ0n) is 31.7. The summed E-state index contributed by atoms with van der Waals surface area (Å²) in [5, 5.41) is 13.7. The molecular formula is C39H76N2O6P+. The Morgan fingerprint density at radius 2 is 1.15 bits per heavy atom. The summed E-state index contributed by atoms with van der Waals surface area (Å²) in [4.78, 5) is 22.9. The maximum atomic E-state index is 12.8. The van der Waals surface area contributed by atoms with Gasteiger partial charge in [-0.25, -0.2) is 4.57 Å². The summed E-state index contributed by atoms with van der Waals surface area (Å²) in [6.07, 6.45) is 36.5. The molecule has 1 unspecified atom stereocenters. The van der Waals surface area contributed by atoms with Crippen LogP contribution in [0.2, 0.25) is 0 Å². The monoisotopic (exact) mass is 700 g/mol. The fourth-order valence-corrected chi connectivity index (χ4v) is 5.90. The summed E-state index contributed by atoms with van der Waals surface area (Å²) < 4.78 is 23.4. The van der Waals surface area contributed by atoms with E-state index in [1.807, 2.05) is 27.2 Å². The van der Waals surface area contributed by atoms with Gasteiger partial charge in [0.25, 0.3) is 0 Å². The van der Waals surface area contributed by atoms with Crippen molar-refractivity contribution in [2.45, 2.75) is 167 Å². The Morgan fingerprint density at radius 3 is 1.71 bits per heavy atom. The Hall–Kier alpha value is -1.28. The Bertz CT molecular complexity index is 886. The van der Waals surface area contributed by atoms with E-state index < -0.39 is 20.0 Å². The normalized spacial score (nSPS) is 15.1. The predicted molar refractivity (Wildman–Crippen MR) is 203 cm³/mol. The number of aliphatic hydroxyl groups excluding tert-OH is 1. The summed E-state index contributed by atoms with van der Waals surface area (Å²) in [5.41, 5.74) is 0. The zero-order chi connectivity index (χ0) is 35.8. The average Bonchev–Trinajstić information content (AvgIpc) is 3.02. The van der Waals surface area contributed by atoms with Crippen LogP contribution in [0, 0.1) is 0 Å². The van der Waals surface area contributed by atoms with Crippen LogP contribution < -0.4 is 5.32 Å². The van der Waals surface area contributed by atoms with Crippen molar-refractivity contribution in [1.29, 1.82) is 0 Å². The number of unbranched alkanes of at least 4 members (excludes halogenated alkanes) is 17. The largest absolute Gasteiger partial charge is 0.472 e. The van der Waals surface area contributed by atoms with Gasteiger partial charge in [0.2, 0.25) is 5.91 Å². The van der Waals surface area contributed by atoms with Gasteiger partial charge in [0.05, 0.1) is 39.9 Å². The van der Waals surface area contributed by atoms with Crippen LogP contribution in [0.15, 0.2) is 36.5 Å². The maximum absolute atomic E-state index is 12.8. The smallest absolute Gasteiger partial charge is 0.387 e. The van der Waals surface area contributed by atoms with E-state index >= 15 is 0 Å². The number of nitrogens with zero attached hydrogens (tertiary/aromatic N) is 1. The minimum Gasteiger partial charge on any atom is -0.387 e. The lowest BCUT2D eigenvalue weighted by molar-refractivity contribution is -0.870. The van der Waals surface area contributed by atoms with Gasteiger partial charge < -0.3 is 19.8 Å². The van der Waals surface area contributed by atoms with Gasteiger partial charge in [-0.05, 0) is 57.8 Å². The van der Waals surface area contributed by atoms with E-state index in [2.05, 4.69) is 43.5 Å². The molecule has 3 atom stereocenters. The lowest BCUT2D eigenvalue weighted by atomic mass is 10.1. The summed E-state index contributed by atoms with van der Waals surface area (Å²) >= 11 is 0. The quantitative estimate of drug-likeness (QED) is 0.0267. The molecule has 1 amide bonds. The number of amides is 1. The molecule has 8 nitrogen and oxygen atoms in total. The molecule has 0 bridgehead atoms. The lowest BCUT2D eigenvalue weighted by Gasteiger charge is -2.25. The van der Waals surface area contributed by atoms with E-state index in [1.165, 1.54) is 96.3 Å². The van der Waals surface area contributed by atoms with Gasteiger partial charge >= 0.3 is 7.82 Å². The van der Waals surface area contributed by atoms with E-state index in [1.54, 1.807) is 6.08 Å². The van der Waals surface area contributed by atoms with Gasteiger partial charge in [-0.2, -0.15) is 0 Å². The minimum atomic E-state index is -4.33. The number of hydrogen-bond acceptors (Lipinski definition) is 5. The molecule has 0 heterocycles. The molecule has 0 fully saturated rings. The van der Waals surface area contributed by atoms with Crippen LogP contribution in [-0.2, 0) is 18.4 Å². The van der Waals surface area contributed by atoms with E-state index in [-0.39, 0.29) is 19.1 Å². The van der Waals surface area contributed by atoms with Crippen LogP contribution in [-0.4, -0.2) is 73.4 Å². The molecule has 0 spiro atoms. The number of allylic oxidation sites excluding steroid dienone is 5. The summed E-state index contributed by atoms with van der Waals surface area (Å²) in [7, 11) is 1.54. The van der Waals surface area contributed by atoms with Crippen molar-refractivity contribution in [3.8, 4) is 0 Å². The SMILES string of the molecule is CCCCC/C=C/CC/C=C/[C@@H](O)[C@H](COP(=O)(O)OCC[N+](C)(C)C)NC(=O)CCCCCCCCC/C=C/CCCCCCCC. The summed E-state index contributed by atoms with van der Waals surface area (Å²) in [6.45, 7) is 4.71. The fraction of sp³-hybridized carbons (Fsp3) is 0.821. The van der Waals surface area contributed by atoms with Gasteiger partial charge in [-0.15, -0.1) is 0 Å². The third kappa shape index (κ3) is 33.2. The van der Waals surface area contributed by atoms with E-state index in [0.717, 1.165) is 38.5 Å². The molecule has 0 aliphatic rings. The molecule has 0 saturated heterocycles. The second kappa shape index (κ2) is 31.7. The number of carbonyl (C=O) groups is 1. The molecule has 0 aromatic carbocycles. The van der Waals surface area contributed by atoms with Gasteiger partial charge in [-0.1, -0.05) is 127 Å². The Balaban J connectivity index is 4.46. The van der Waals surface area contributed by atoms with Gasteiger partial charge in [0, 0.05) is 6.42 Å². The van der Waals surface area contributed by atoms with Crippen LogP contribution in [0.25, 0.3) is 0 Å². The van der Waals surface area contributed by atoms with E-state index in [0.29, 0.717) is 17.4 Å². The predicted octanol–water partition coefficient (Wildman–Crippen LogP) is 9.96. The van der Waals surface area contributed by atoms with Crippen LogP contribution in [0.4, 0.5) is 0 Å². The highest BCUT2D eigenvalue weighted by molar-refractivity contribution is 7.47. The van der Waals surface area contributed by atoms with E-state index in [9.17, 15) is 19.4 Å². The molecule has 0 aromatic heterocycles. The molecule has 3 N–H and O–H groups in total. The number of phosphoric ester groups is 1. The number of rotatable bonds is 34. The maximum Gasteiger partial charge on any atom is 0.472 e. The molecule has 9 heteroatoms. The van der Waals surface area contributed by atoms with Gasteiger partial charge in [-0.3, -0.25) is 13.8 Å². The highest BCUT2D eigenvalue weighted by Gasteiger charge is 2.27. The first-order valence-electron chi connectivity index (χ1n) is 19.4. The first-order valence-corrected chi connectivity index (χ1v) is 20.9. The van der Waals surface area contributed by atoms with Crippen LogP contribution in [0.3, 0.4) is 0 Å². The molecular weight excluding hydrogens is 623 g/mol. The van der Waals surface area contributed by atoms with Crippen LogP contribution >= 0.6 is 7.82 Å². The third-order valence-corrected chi connectivity index (χ3v) is 9.32.